The van der Waals surface area contributed by atoms with Crippen LogP contribution in [-0.4, -0.2) is 30.0 Å². The summed E-state index contributed by atoms with van der Waals surface area (Å²) < 4.78 is 0. The minimum atomic E-state index is 0.00160. The molecule has 0 spiro atoms. The lowest BCUT2D eigenvalue weighted by Gasteiger charge is -2.18. The second-order valence-electron chi connectivity index (χ2n) is 7.96. The summed E-state index contributed by atoms with van der Waals surface area (Å²) >= 11 is 0. The van der Waals surface area contributed by atoms with Gasteiger partial charge in [-0.3, -0.25) is 4.79 Å². The van der Waals surface area contributed by atoms with Gasteiger partial charge >= 0.3 is 0 Å². The maximum absolute atomic E-state index is 12.6. The van der Waals surface area contributed by atoms with Gasteiger partial charge in [0.25, 0.3) is 5.91 Å². The number of aromatic nitrogens is 1. The highest BCUT2D eigenvalue weighted by atomic mass is 16.1. The summed E-state index contributed by atoms with van der Waals surface area (Å²) in [5, 5.41) is 6.53. The molecule has 5 heteroatoms. The molecule has 1 aromatic heterocycles. The molecule has 0 radical (unpaired) electrons. The first-order valence-electron chi connectivity index (χ1n) is 10.7. The Labute approximate surface area is 167 Å². The monoisotopic (exact) mass is 378 g/mol. The summed E-state index contributed by atoms with van der Waals surface area (Å²) in [6.07, 6.45) is 11.4. The Kier molecular flexibility index (Phi) is 6.10. The largest absolute Gasteiger partial charge is 0.372 e. The van der Waals surface area contributed by atoms with Gasteiger partial charge in [-0.25, -0.2) is 4.98 Å². The quantitative estimate of drug-likeness (QED) is 0.728. The number of hydrogen-bond donors (Lipinski definition) is 2. The molecule has 2 aliphatic rings. The first kappa shape index (κ1) is 18.8. The van der Waals surface area contributed by atoms with Crippen molar-refractivity contribution in [2.45, 2.75) is 57.4 Å². The highest BCUT2D eigenvalue weighted by Gasteiger charge is 2.16. The SMILES string of the molecule is O=C(NC1CCCCCC1)c1ccnc(Nc2ccc(N3CCCC3)cc2)c1. The van der Waals surface area contributed by atoms with Gasteiger partial charge in [-0.2, -0.15) is 0 Å². The molecule has 0 atom stereocenters. The van der Waals surface area contributed by atoms with E-state index in [0.29, 0.717) is 17.4 Å². The van der Waals surface area contributed by atoms with Gasteiger partial charge in [0, 0.05) is 42.3 Å². The van der Waals surface area contributed by atoms with Crippen molar-refractivity contribution in [3.05, 3.63) is 48.2 Å². The zero-order valence-corrected chi connectivity index (χ0v) is 16.5. The van der Waals surface area contributed by atoms with E-state index < -0.39 is 0 Å². The number of pyridine rings is 1. The maximum atomic E-state index is 12.6. The molecule has 5 nitrogen and oxygen atoms in total. The molecule has 28 heavy (non-hydrogen) atoms. The Morgan fingerprint density at radius 3 is 2.36 bits per heavy atom. The molecule has 1 aromatic carbocycles. The summed E-state index contributed by atoms with van der Waals surface area (Å²) in [6.45, 7) is 2.29. The molecule has 2 heterocycles. The molecule has 1 saturated carbocycles. The molecular formula is C23H30N4O. The van der Waals surface area contributed by atoms with E-state index in [0.717, 1.165) is 31.6 Å². The molecule has 1 saturated heterocycles. The fourth-order valence-electron chi connectivity index (χ4n) is 4.21. The minimum absolute atomic E-state index is 0.00160. The Balaban J connectivity index is 1.38. The lowest BCUT2D eigenvalue weighted by molar-refractivity contribution is 0.0933. The standard InChI is InChI=1S/C23H30N4O/c28-23(26-19-7-3-1-2-4-8-19)18-13-14-24-22(17-18)25-20-9-11-21(12-10-20)27-15-5-6-16-27/h9-14,17,19H,1-8,15-16H2,(H,24,25)(H,26,28). The fourth-order valence-corrected chi connectivity index (χ4v) is 4.21. The lowest BCUT2D eigenvalue weighted by atomic mass is 10.1. The van der Waals surface area contributed by atoms with Gasteiger partial charge in [-0.15, -0.1) is 0 Å². The zero-order chi connectivity index (χ0) is 19.2. The van der Waals surface area contributed by atoms with E-state index in [-0.39, 0.29) is 5.91 Å². The summed E-state index contributed by atoms with van der Waals surface area (Å²) in [7, 11) is 0. The van der Waals surface area contributed by atoms with Crippen LogP contribution in [0.4, 0.5) is 17.2 Å². The van der Waals surface area contributed by atoms with Crippen LogP contribution in [-0.2, 0) is 0 Å². The number of carbonyl (C=O) groups excluding carboxylic acids is 1. The van der Waals surface area contributed by atoms with Crippen LogP contribution in [0.25, 0.3) is 0 Å². The molecule has 2 fully saturated rings. The number of nitrogens with zero attached hydrogens (tertiary/aromatic N) is 2. The van der Waals surface area contributed by atoms with Crippen molar-refractivity contribution in [3.63, 3.8) is 0 Å². The fraction of sp³-hybridized carbons (Fsp3) is 0.478. The molecule has 2 aromatic rings. The average molecular weight is 379 g/mol. The van der Waals surface area contributed by atoms with Crippen molar-refractivity contribution in [2.24, 2.45) is 0 Å². The highest BCUT2D eigenvalue weighted by molar-refractivity contribution is 5.95. The van der Waals surface area contributed by atoms with Gasteiger partial charge in [0.15, 0.2) is 0 Å². The molecule has 1 aliphatic carbocycles. The number of carbonyl (C=O) groups is 1. The van der Waals surface area contributed by atoms with Crippen LogP contribution in [0.2, 0.25) is 0 Å². The van der Waals surface area contributed by atoms with E-state index >= 15 is 0 Å². The molecule has 148 valence electrons. The van der Waals surface area contributed by atoms with Crippen LogP contribution in [0.3, 0.4) is 0 Å². The van der Waals surface area contributed by atoms with Crippen molar-refractivity contribution < 1.29 is 4.79 Å². The van der Waals surface area contributed by atoms with E-state index in [4.69, 9.17) is 0 Å². The predicted molar refractivity (Wildman–Crippen MR) is 114 cm³/mol. The van der Waals surface area contributed by atoms with Gasteiger partial charge in [-0.1, -0.05) is 25.7 Å². The van der Waals surface area contributed by atoms with Crippen molar-refractivity contribution >= 4 is 23.1 Å². The number of rotatable bonds is 5. The van der Waals surface area contributed by atoms with Gasteiger partial charge in [0.2, 0.25) is 0 Å². The Bertz CT molecular complexity index is 775. The molecule has 1 amide bonds. The maximum Gasteiger partial charge on any atom is 0.251 e. The summed E-state index contributed by atoms with van der Waals surface area (Å²) in [4.78, 5) is 19.4. The van der Waals surface area contributed by atoms with Crippen molar-refractivity contribution in [3.8, 4) is 0 Å². The predicted octanol–water partition coefficient (Wildman–Crippen LogP) is 4.88. The molecule has 1 aliphatic heterocycles. The summed E-state index contributed by atoms with van der Waals surface area (Å²) in [6, 6.07) is 12.4. The van der Waals surface area contributed by atoms with Gasteiger partial charge < -0.3 is 15.5 Å². The van der Waals surface area contributed by atoms with Gasteiger partial charge in [0.1, 0.15) is 5.82 Å². The average Bonchev–Trinajstić information content (AvgIpc) is 3.14. The van der Waals surface area contributed by atoms with Crippen molar-refractivity contribution in [1.29, 1.82) is 0 Å². The van der Waals surface area contributed by atoms with Gasteiger partial charge in [-0.05, 0) is 62.1 Å². The number of amides is 1. The molecule has 0 bridgehead atoms. The lowest BCUT2D eigenvalue weighted by Crippen LogP contribution is -2.34. The van der Waals surface area contributed by atoms with E-state index in [2.05, 4.69) is 44.8 Å². The normalized spacial score (nSPS) is 17.9. The van der Waals surface area contributed by atoms with Crippen molar-refractivity contribution in [2.75, 3.05) is 23.3 Å². The highest BCUT2D eigenvalue weighted by Crippen LogP contribution is 2.24. The molecule has 0 unspecified atom stereocenters. The number of hydrogen-bond acceptors (Lipinski definition) is 4. The molecule has 4 rings (SSSR count). The van der Waals surface area contributed by atoms with Gasteiger partial charge in [0.05, 0.1) is 0 Å². The molecular weight excluding hydrogens is 348 g/mol. The zero-order valence-electron chi connectivity index (χ0n) is 16.5. The van der Waals surface area contributed by atoms with E-state index in [1.54, 1.807) is 12.3 Å². The van der Waals surface area contributed by atoms with Crippen molar-refractivity contribution in [1.82, 2.24) is 10.3 Å². The minimum Gasteiger partial charge on any atom is -0.372 e. The smallest absolute Gasteiger partial charge is 0.251 e. The Morgan fingerprint density at radius 2 is 1.64 bits per heavy atom. The van der Waals surface area contributed by atoms with E-state index in [9.17, 15) is 4.79 Å². The number of benzene rings is 1. The Morgan fingerprint density at radius 1 is 0.929 bits per heavy atom. The molecule has 2 N–H and O–H groups in total. The number of anilines is 3. The third-order valence-electron chi connectivity index (χ3n) is 5.82. The topological polar surface area (TPSA) is 57.3 Å². The number of nitrogens with one attached hydrogen (secondary N) is 2. The van der Waals surface area contributed by atoms with Crippen LogP contribution in [0.1, 0.15) is 61.7 Å². The third-order valence-corrected chi connectivity index (χ3v) is 5.82. The summed E-state index contributed by atoms with van der Waals surface area (Å²) in [5.74, 6) is 0.698. The van der Waals surface area contributed by atoms with Crippen LogP contribution >= 0.6 is 0 Å². The van der Waals surface area contributed by atoms with E-state index in [1.165, 1.54) is 44.2 Å². The first-order valence-corrected chi connectivity index (χ1v) is 10.7. The summed E-state index contributed by atoms with van der Waals surface area (Å²) in [5.41, 5.74) is 2.92. The first-order chi connectivity index (χ1) is 13.8. The second kappa shape index (κ2) is 9.09. The van der Waals surface area contributed by atoms with Crippen LogP contribution < -0.4 is 15.5 Å². The van der Waals surface area contributed by atoms with Crippen LogP contribution in [0.5, 0.6) is 0 Å². The van der Waals surface area contributed by atoms with Crippen LogP contribution in [0.15, 0.2) is 42.6 Å². The van der Waals surface area contributed by atoms with E-state index in [1.807, 2.05) is 6.07 Å². The van der Waals surface area contributed by atoms with Crippen LogP contribution in [0, 0.1) is 0 Å². The Hall–Kier alpha value is -2.56. The third kappa shape index (κ3) is 4.83. The second-order valence-corrected chi connectivity index (χ2v) is 7.96.